The van der Waals surface area contributed by atoms with Gasteiger partial charge in [0, 0.05) is 124 Å². The topological polar surface area (TPSA) is 233 Å². The van der Waals surface area contributed by atoms with Crippen molar-refractivity contribution in [1.82, 2.24) is 31.9 Å². The molecule has 5 aromatic carbocycles. The Balaban J connectivity index is 0.000000144. The van der Waals surface area contributed by atoms with Gasteiger partial charge >= 0.3 is 0 Å². The third-order valence-electron chi connectivity index (χ3n) is 19.9. The normalized spacial score (nSPS) is 17.6. The number of hydrogen-bond donors (Lipinski definition) is 8. The third kappa shape index (κ3) is 28.8. The number of thiocarbonyl (C=S) groups is 1. The number of aliphatic imine (C=N–C) groups is 6. The minimum atomic E-state index is -0.398. The Morgan fingerprint density at radius 2 is 1.28 bits per heavy atom. The quantitative estimate of drug-likeness (QED) is 0.0262. The second kappa shape index (κ2) is 47.8. The Hall–Kier alpha value is -9.27. The first-order valence-corrected chi connectivity index (χ1v) is 43.0. The number of carbonyl (C=O) groups is 1. The summed E-state index contributed by atoms with van der Waals surface area (Å²) in [7, 11) is 0. The molecule has 0 radical (unpaired) electrons. The molecule has 8 N–H and O–H groups in total. The van der Waals surface area contributed by atoms with Crippen molar-refractivity contribution in [3.05, 3.63) is 249 Å². The van der Waals surface area contributed by atoms with Crippen molar-refractivity contribution >= 4 is 122 Å². The fourth-order valence-electron chi connectivity index (χ4n) is 13.7. The van der Waals surface area contributed by atoms with Crippen molar-refractivity contribution in [3.63, 3.8) is 0 Å². The van der Waals surface area contributed by atoms with Gasteiger partial charge in [0.1, 0.15) is 36.3 Å². The fourth-order valence-corrected chi connectivity index (χ4v) is 16.6. The summed E-state index contributed by atoms with van der Waals surface area (Å²) in [5, 5.41) is 34.4. The number of carbonyl (C=O) groups excluding carboxylic acids is 1. The van der Waals surface area contributed by atoms with Crippen molar-refractivity contribution in [1.29, 1.82) is 0 Å². The molecule has 8 aliphatic heterocycles. The number of aryl methyl sites for hydroxylation is 2. The van der Waals surface area contributed by atoms with Gasteiger partial charge in [0.05, 0.1) is 75.3 Å². The summed E-state index contributed by atoms with van der Waals surface area (Å²) in [6.45, 7) is 17.5. The largest absolute Gasteiger partial charge is 0.492 e. The molecular formula is C89H106Cl3F2N13O6S3. The Labute approximate surface area is 709 Å². The maximum Gasteiger partial charge on any atom is 0.285 e. The van der Waals surface area contributed by atoms with Gasteiger partial charge in [0.15, 0.2) is 11.1 Å². The Bertz CT molecular complexity index is 4640. The number of amides is 1. The van der Waals surface area contributed by atoms with Crippen LogP contribution in [0.4, 0.5) is 13.8 Å². The molecule has 0 saturated carbocycles. The average Bonchev–Trinajstić information content (AvgIpc) is 1.71. The van der Waals surface area contributed by atoms with E-state index in [-0.39, 0.29) is 29.4 Å². The van der Waals surface area contributed by atoms with E-state index in [1.54, 1.807) is 60.2 Å². The molecule has 16 rings (SSSR count). The van der Waals surface area contributed by atoms with Crippen LogP contribution >= 0.6 is 69.7 Å². The van der Waals surface area contributed by atoms with Crippen LogP contribution in [0.1, 0.15) is 163 Å². The minimum absolute atomic E-state index is 0.0145. The first-order chi connectivity index (χ1) is 56.5. The number of anilines is 1. The molecule has 616 valence electrons. The summed E-state index contributed by atoms with van der Waals surface area (Å²) < 4.78 is 49.0. The summed E-state index contributed by atoms with van der Waals surface area (Å²) in [6.07, 6.45) is 29.7. The van der Waals surface area contributed by atoms with Crippen LogP contribution in [-0.2, 0) is 40.3 Å². The van der Waals surface area contributed by atoms with E-state index in [4.69, 9.17) is 71.1 Å². The van der Waals surface area contributed by atoms with Crippen LogP contribution in [0.2, 0.25) is 15.1 Å². The third-order valence-corrected chi connectivity index (χ3v) is 23.6. The van der Waals surface area contributed by atoms with Crippen molar-refractivity contribution in [2.24, 2.45) is 35.9 Å². The number of amidine groups is 2. The van der Waals surface area contributed by atoms with E-state index in [0.717, 1.165) is 118 Å². The zero-order valence-corrected chi connectivity index (χ0v) is 71.3. The lowest BCUT2D eigenvalue weighted by molar-refractivity contribution is -0.114. The standard InChI is InChI=1S/C19H22N2O.C14H16N2O2S.C13H19N.C12H13NOS.C11H15FN2OS.C10H11Cl2N3.C10H10ClFN2O/c1-14-7-6-10-17(15(14)2)18(21-19-20-11-12-22-19)13-16-8-4-3-5-9-16;1-9(17)16-13-8-12-14(19-13)10(4-6-18-12)7-11-3-2-5-15-11;1-2-11-5-3-6-12(9-11)10-13-7-4-8-14-13;1-2-10(13-5-1)8-9-3-6-14-11-4-7-15-12(9)11;1-8-3-2-4-9(10(8)12)7-14-11(16)13-5-6-15;11-8-3-1-2-7(9(8)12)6-15-10-13-4-5-14-10;11-8-3-1-2-7(9(8)12)6-14-10-13-4-5-15-10/h3-10,18H,11-13H2,1-2H3,(H,20,21);3,5,8,10H,2,4,6-7H2,1H3,(H,16,17);7-9,12H,2-6,10H2,1H3;2,4-5,7,9H,1,3,6,8H2;2-4,15H,5-7H2,1H3,(H2,13,14,16);1-3H,4-6H2,(H2,13,14,15);1-3H,4-6H2,(H,13,14). The van der Waals surface area contributed by atoms with Gasteiger partial charge in [-0.15, -0.1) is 22.7 Å². The maximum absolute atomic E-state index is 13.6. The summed E-state index contributed by atoms with van der Waals surface area (Å²) in [5.41, 5.74) is 13.3. The van der Waals surface area contributed by atoms with E-state index in [9.17, 15) is 13.6 Å². The number of ether oxygens (including phenoxy) is 4. The lowest BCUT2D eigenvalue weighted by atomic mass is 9.87. The van der Waals surface area contributed by atoms with Crippen LogP contribution in [0, 0.1) is 38.3 Å². The molecule has 10 heterocycles. The number of hydrogen-bond acceptors (Lipinski definition) is 19. The molecule has 0 bridgehead atoms. The van der Waals surface area contributed by atoms with Crippen molar-refractivity contribution in [3.8, 4) is 11.5 Å². The number of guanidine groups is 1. The van der Waals surface area contributed by atoms with Crippen molar-refractivity contribution < 1.29 is 37.6 Å². The number of allylic oxidation sites excluding steroid dienone is 8. The van der Waals surface area contributed by atoms with E-state index < -0.39 is 5.82 Å². The molecule has 0 fully saturated rings. The predicted octanol–water partition coefficient (Wildman–Crippen LogP) is 19.2. The van der Waals surface area contributed by atoms with Gasteiger partial charge in [-0.3, -0.25) is 24.8 Å². The molecule has 4 atom stereocenters. The molecule has 0 saturated heterocycles. The van der Waals surface area contributed by atoms with E-state index in [0.29, 0.717) is 102 Å². The first kappa shape index (κ1) is 89.1. The summed E-state index contributed by atoms with van der Waals surface area (Å²) in [5.74, 6) is 4.04. The second-order valence-corrected chi connectivity index (χ2v) is 32.1. The lowest BCUT2D eigenvalue weighted by Crippen LogP contribution is -2.36. The molecule has 9 aliphatic rings. The van der Waals surface area contributed by atoms with Crippen LogP contribution in [0.5, 0.6) is 11.5 Å². The zero-order chi connectivity index (χ0) is 81.8. The zero-order valence-electron chi connectivity index (χ0n) is 66.6. The number of aliphatic hydroxyl groups is 1. The van der Waals surface area contributed by atoms with Gasteiger partial charge in [-0.05, 0) is 160 Å². The summed E-state index contributed by atoms with van der Waals surface area (Å²) >= 11 is 26.0. The molecule has 1 aliphatic carbocycles. The summed E-state index contributed by atoms with van der Waals surface area (Å²) in [6, 6.07) is 38.1. The van der Waals surface area contributed by atoms with Crippen LogP contribution in [0.25, 0.3) is 0 Å². The second-order valence-electron chi connectivity index (χ2n) is 28.4. The van der Waals surface area contributed by atoms with Gasteiger partial charge in [-0.1, -0.05) is 163 Å². The molecule has 2 aromatic heterocycles. The number of thiophene rings is 2. The molecule has 4 unspecified atom stereocenters. The van der Waals surface area contributed by atoms with E-state index in [1.807, 2.05) is 54.2 Å². The number of halogens is 5. The smallest absolute Gasteiger partial charge is 0.285 e. The highest BCUT2D eigenvalue weighted by Gasteiger charge is 2.28. The van der Waals surface area contributed by atoms with Crippen LogP contribution in [0.3, 0.4) is 0 Å². The van der Waals surface area contributed by atoms with Gasteiger partial charge in [0.2, 0.25) is 5.91 Å². The van der Waals surface area contributed by atoms with Crippen molar-refractivity contribution in [2.45, 2.75) is 156 Å². The Morgan fingerprint density at radius 1 is 0.655 bits per heavy atom. The highest BCUT2D eigenvalue weighted by molar-refractivity contribution is 7.80. The van der Waals surface area contributed by atoms with Gasteiger partial charge in [-0.25, -0.2) is 18.8 Å². The predicted molar refractivity (Wildman–Crippen MR) is 478 cm³/mol. The number of nitrogens with zero attached hydrogens (tertiary/aromatic N) is 6. The highest BCUT2D eigenvalue weighted by atomic mass is 35.5. The first-order valence-electron chi connectivity index (χ1n) is 39.7. The van der Waals surface area contributed by atoms with Gasteiger partial charge in [0.25, 0.3) is 12.0 Å². The Morgan fingerprint density at radius 3 is 1.93 bits per heavy atom. The highest BCUT2D eigenvalue weighted by Crippen LogP contribution is 2.46. The van der Waals surface area contributed by atoms with Gasteiger partial charge < -0.3 is 61.3 Å². The lowest BCUT2D eigenvalue weighted by Gasteiger charge is -2.22. The SMILES string of the molecule is C1=NC(CC2CCOc3ccsc32)=CC1.CC(=O)Nc1cc2c(s1)C(CC1=CCC=N1)CCO2.CCC1=CC(CC2=CCC=N2)CCC1.Cc1cccc(C(Cc2ccccc2)NC2=NCCO2)c1C.Cc1cccc(CNC(=S)NCCO)c1F.Clc1cccc(CNC2=NCCN2)c1Cl.Fc1c(Cl)cccc1CNC1=NCCO1. The minimum Gasteiger partial charge on any atom is -0.492 e. The van der Waals surface area contributed by atoms with Crippen LogP contribution < -0.4 is 46.7 Å². The Kier molecular flexibility index (Phi) is 36.7. The molecule has 27 heteroatoms. The number of nitrogens with one attached hydrogen (secondary N) is 7. The van der Waals surface area contributed by atoms with Gasteiger partial charge in [-0.2, -0.15) is 0 Å². The average molecular weight is 1690 g/mol. The van der Waals surface area contributed by atoms with E-state index in [1.165, 1.54) is 94.2 Å². The molecular weight excluding hydrogens is 1590 g/mol. The van der Waals surface area contributed by atoms with Crippen LogP contribution in [0.15, 0.2) is 198 Å². The fraction of sp³-hybridized carbons (Fsp3) is 0.393. The molecule has 19 nitrogen and oxygen atoms in total. The molecule has 7 aromatic rings. The van der Waals surface area contributed by atoms with Crippen LogP contribution in [-0.4, -0.2) is 119 Å². The van der Waals surface area contributed by atoms with E-state index in [2.05, 4.69) is 166 Å². The summed E-state index contributed by atoms with van der Waals surface area (Å²) in [4.78, 5) is 39.5. The molecule has 0 spiro atoms. The van der Waals surface area contributed by atoms with Crippen molar-refractivity contribution in [2.75, 3.05) is 71.1 Å². The maximum atomic E-state index is 13.6. The molecule has 116 heavy (non-hydrogen) atoms. The number of fused-ring (bicyclic) bond motifs is 2. The molecule has 1 amide bonds. The monoisotopic (exact) mass is 1690 g/mol. The number of aliphatic hydroxyl groups excluding tert-OH is 1. The number of benzene rings is 5. The van der Waals surface area contributed by atoms with E-state index >= 15 is 0 Å². The number of rotatable bonds is 20.